The number of anilines is 1. The minimum atomic E-state index is -1.47. The fraction of sp³-hybridized carbons (Fsp3) is 0.273. The number of nitrogens with one attached hydrogen (secondary N) is 4. The van der Waals surface area contributed by atoms with Gasteiger partial charge in [0, 0.05) is 30.9 Å². The molecule has 0 bridgehead atoms. The summed E-state index contributed by atoms with van der Waals surface area (Å²) < 4.78 is -1.47. The van der Waals surface area contributed by atoms with Crippen LogP contribution in [0.1, 0.15) is 22.3 Å². The highest BCUT2D eigenvalue weighted by Crippen LogP contribution is 2.31. The highest BCUT2D eigenvalue weighted by atomic mass is 79.9. The number of carbonyl (C=O) groups is 3. The normalized spacial score (nSPS) is 14.8. The van der Waals surface area contributed by atoms with Gasteiger partial charge in [-0.2, -0.15) is 0 Å². The molecule has 9 nitrogen and oxygen atoms in total. The third kappa shape index (κ3) is 6.07. The number of hydrogen-bond acceptors (Lipinski definition) is 6. The second kappa shape index (κ2) is 10.8. The van der Waals surface area contributed by atoms with Gasteiger partial charge in [-0.15, -0.1) is 0 Å². The third-order valence-electron chi connectivity index (χ3n) is 4.79. The van der Waals surface area contributed by atoms with Gasteiger partial charge in [0.05, 0.1) is 6.54 Å². The minimum absolute atomic E-state index is 0.185. The van der Waals surface area contributed by atoms with Gasteiger partial charge in [0.25, 0.3) is 5.91 Å². The molecule has 2 aromatic carbocycles. The van der Waals surface area contributed by atoms with E-state index >= 15 is 0 Å². The third-order valence-corrected chi connectivity index (χ3v) is 5.87. The van der Waals surface area contributed by atoms with Crippen LogP contribution in [0.15, 0.2) is 59.6 Å². The van der Waals surface area contributed by atoms with Gasteiger partial charge >= 0.3 is 5.97 Å². The topological polar surface area (TPSA) is 132 Å². The molecule has 32 heavy (non-hydrogen) atoms. The van der Waals surface area contributed by atoms with Crippen molar-refractivity contribution in [2.75, 3.05) is 31.5 Å². The van der Waals surface area contributed by atoms with E-state index < -0.39 is 22.1 Å². The Morgan fingerprint density at radius 2 is 1.88 bits per heavy atom. The van der Waals surface area contributed by atoms with Crippen LogP contribution >= 0.6 is 15.9 Å². The molecule has 10 heteroatoms. The van der Waals surface area contributed by atoms with Crippen LogP contribution in [0.4, 0.5) is 5.69 Å². The Kier molecular flexibility index (Phi) is 7.82. The molecule has 0 spiro atoms. The predicted octanol–water partition coefficient (Wildman–Crippen LogP) is 1.67. The van der Waals surface area contributed by atoms with Crippen LogP contribution in [0.2, 0.25) is 0 Å². The lowest BCUT2D eigenvalue weighted by molar-refractivity contribution is -0.139. The van der Waals surface area contributed by atoms with Gasteiger partial charge in [-0.3, -0.25) is 19.4 Å². The molecule has 0 saturated heterocycles. The van der Waals surface area contributed by atoms with E-state index in [0.717, 1.165) is 19.5 Å². The smallest absolute Gasteiger partial charge is 0.326 e. The molecule has 1 aliphatic heterocycles. The summed E-state index contributed by atoms with van der Waals surface area (Å²) in [6, 6.07) is 15.4. The monoisotopic (exact) mass is 501 g/mol. The van der Waals surface area contributed by atoms with Crippen LogP contribution in [-0.2, 0) is 13.9 Å². The lowest BCUT2D eigenvalue weighted by Crippen LogP contribution is -2.45. The predicted molar refractivity (Wildman–Crippen MR) is 125 cm³/mol. The van der Waals surface area contributed by atoms with Gasteiger partial charge in [-0.25, -0.2) is 0 Å². The molecule has 3 rings (SSSR count). The zero-order valence-corrected chi connectivity index (χ0v) is 18.8. The van der Waals surface area contributed by atoms with Crippen molar-refractivity contribution < 1.29 is 19.5 Å². The van der Waals surface area contributed by atoms with E-state index in [1.165, 1.54) is 0 Å². The van der Waals surface area contributed by atoms with Crippen molar-refractivity contribution in [2.45, 2.75) is 10.7 Å². The average Bonchev–Trinajstić information content (AvgIpc) is 2.82. The van der Waals surface area contributed by atoms with E-state index in [-0.39, 0.29) is 13.1 Å². The van der Waals surface area contributed by atoms with Gasteiger partial charge < -0.3 is 26.4 Å². The first-order chi connectivity index (χ1) is 15.4. The van der Waals surface area contributed by atoms with E-state index in [4.69, 9.17) is 0 Å². The number of carboxylic acids is 1. The Morgan fingerprint density at radius 1 is 1.09 bits per heavy atom. The van der Waals surface area contributed by atoms with Crippen LogP contribution in [0, 0.1) is 0 Å². The van der Waals surface area contributed by atoms with Crippen molar-refractivity contribution in [2.24, 2.45) is 4.99 Å². The minimum Gasteiger partial charge on any atom is -0.480 e. The second-order valence-corrected chi connectivity index (χ2v) is 8.50. The summed E-state index contributed by atoms with van der Waals surface area (Å²) in [5.74, 6) is -1.40. The Morgan fingerprint density at radius 3 is 2.56 bits per heavy atom. The van der Waals surface area contributed by atoms with Gasteiger partial charge in [0.15, 0.2) is 10.3 Å². The average molecular weight is 502 g/mol. The molecule has 1 atom stereocenters. The molecular formula is C22H24BrN5O4. The van der Waals surface area contributed by atoms with Crippen molar-refractivity contribution in [3.8, 4) is 0 Å². The maximum absolute atomic E-state index is 12.5. The largest absolute Gasteiger partial charge is 0.480 e. The number of carboxylic acid groups (broad SMARTS) is 1. The Hall–Kier alpha value is -3.40. The summed E-state index contributed by atoms with van der Waals surface area (Å²) in [5, 5.41) is 21.0. The van der Waals surface area contributed by atoms with Crippen LogP contribution in [0.25, 0.3) is 0 Å². The molecule has 168 valence electrons. The number of rotatable bonds is 8. The number of guanidine groups is 1. The van der Waals surface area contributed by atoms with Crippen molar-refractivity contribution in [1.82, 2.24) is 16.0 Å². The zero-order chi connectivity index (χ0) is 23.0. The van der Waals surface area contributed by atoms with Gasteiger partial charge in [-0.1, -0.05) is 52.3 Å². The Labute approximate surface area is 193 Å². The van der Waals surface area contributed by atoms with Crippen molar-refractivity contribution in [3.05, 3.63) is 65.7 Å². The highest BCUT2D eigenvalue weighted by molar-refractivity contribution is 9.10. The van der Waals surface area contributed by atoms with E-state index in [1.807, 2.05) is 6.07 Å². The molecule has 0 aliphatic carbocycles. The lowest BCUT2D eigenvalue weighted by atomic mass is 9.99. The Bertz CT molecular complexity index is 1010. The van der Waals surface area contributed by atoms with Gasteiger partial charge in [0.1, 0.15) is 0 Å². The second-order valence-electron chi connectivity index (χ2n) is 7.15. The first-order valence-electron chi connectivity index (χ1n) is 10.1. The van der Waals surface area contributed by atoms with Crippen molar-refractivity contribution in [1.29, 1.82) is 0 Å². The molecule has 2 aromatic rings. The number of nitrogens with zero attached hydrogens (tertiary/aromatic N) is 1. The SMILES string of the molecule is O=C(CNC(=O)c1cccc(NC2=NCCCN2)c1)NCC(Br)(C(=O)O)c1ccccc1. The lowest BCUT2D eigenvalue weighted by Gasteiger charge is -2.23. The number of aliphatic carboxylic acids is 1. The number of alkyl halides is 1. The number of hydrogen-bond donors (Lipinski definition) is 5. The first kappa shape index (κ1) is 23.3. The fourth-order valence-corrected chi connectivity index (χ4v) is 3.44. The summed E-state index contributed by atoms with van der Waals surface area (Å²) in [7, 11) is 0. The maximum Gasteiger partial charge on any atom is 0.326 e. The quantitative estimate of drug-likeness (QED) is 0.349. The molecule has 1 aliphatic rings. The molecule has 1 unspecified atom stereocenters. The van der Waals surface area contributed by atoms with E-state index in [0.29, 0.717) is 22.8 Å². The molecule has 2 amide bonds. The number of benzene rings is 2. The van der Waals surface area contributed by atoms with Crippen molar-refractivity contribution in [3.63, 3.8) is 0 Å². The standard InChI is InChI=1S/C22H24BrN5O4/c23-22(20(31)32,16-7-2-1-3-8-16)14-27-18(29)13-26-19(30)15-6-4-9-17(12-15)28-21-24-10-5-11-25-21/h1-4,6-9,12H,5,10-11,13-14H2,(H,26,30)(H,27,29)(H,31,32)(H2,24,25,28). The Balaban J connectivity index is 1.53. The van der Waals surface area contributed by atoms with Crippen molar-refractivity contribution >= 4 is 45.4 Å². The molecule has 1 heterocycles. The van der Waals surface area contributed by atoms with E-state index in [2.05, 4.69) is 42.2 Å². The number of carbonyl (C=O) groups excluding carboxylic acids is 2. The van der Waals surface area contributed by atoms with E-state index in [9.17, 15) is 19.5 Å². The van der Waals surface area contributed by atoms with E-state index in [1.54, 1.807) is 48.5 Å². The fourth-order valence-electron chi connectivity index (χ4n) is 3.04. The summed E-state index contributed by atoms with van der Waals surface area (Å²) >= 11 is 3.23. The van der Waals surface area contributed by atoms with Crippen LogP contribution in [0.3, 0.4) is 0 Å². The zero-order valence-electron chi connectivity index (χ0n) is 17.2. The summed E-state index contributed by atoms with van der Waals surface area (Å²) in [6.45, 7) is 1.10. The molecule has 0 saturated carbocycles. The van der Waals surface area contributed by atoms with Crippen LogP contribution in [0.5, 0.6) is 0 Å². The van der Waals surface area contributed by atoms with Gasteiger partial charge in [-0.05, 0) is 30.2 Å². The maximum atomic E-state index is 12.5. The van der Waals surface area contributed by atoms with Crippen LogP contribution in [-0.4, -0.2) is 55.0 Å². The number of halogens is 1. The first-order valence-corrected chi connectivity index (χ1v) is 10.9. The molecular weight excluding hydrogens is 478 g/mol. The number of aliphatic imine (C=N–C) groups is 1. The summed E-state index contributed by atoms with van der Waals surface area (Å²) in [5.41, 5.74) is 1.57. The molecule has 0 aromatic heterocycles. The molecule has 0 fully saturated rings. The molecule has 0 radical (unpaired) electrons. The van der Waals surface area contributed by atoms with Crippen LogP contribution < -0.4 is 21.3 Å². The summed E-state index contributed by atoms with van der Waals surface area (Å²) in [6.07, 6.45) is 0.976. The highest BCUT2D eigenvalue weighted by Gasteiger charge is 2.37. The van der Waals surface area contributed by atoms with Gasteiger partial charge in [0.2, 0.25) is 5.91 Å². The number of amides is 2. The summed E-state index contributed by atoms with van der Waals surface area (Å²) in [4.78, 5) is 40.8. The molecule has 5 N–H and O–H groups in total.